The lowest BCUT2D eigenvalue weighted by molar-refractivity contribution is 0.296. The maximum absolute atomic E-state index is 8.95. The Balaban J connectivity index is 2.48. The first-order chi connectivity index (χ1) is 5.68. The van der Waals surface area contributed by atoms with Gasteiger partial charge in [0, 0.05) is 6.04 Å². The van der Waals surface area contributed by atoms with Crippen LogP contribution in [0.25, 0.3) is 0 Å². The van der Waals surface area contributed by atoms with Gasteiger partial charge in [0.2, 0.25) is 0 Å². The van der Waals surface area contributed by atoms with Gasteiger partial charge in [-0.05, 0) is 31.2 Å². The third kappa shape index (κ3) is 2.80. The van der Waals surface area contributed by atoms with Gasteiger partial charge in [-0.1, -0.05) is 0 Å². The van der Waals surface area contributed by atoms with E-state index in [2.05, 4.69) is 0 Å². The van der Waals surface area contributed by atoms with Gasteiger partial charge in [-0.3, -0.25) is 0 Å². The molecule has 0 fully saturated rings. The van der Waals surface area contributed by atoms with Crippen LogP contribution >= 0.6 is 0 Å². The molecule has 3 nitrogen and oxygen atoms in total. The molecule has 0 radical (unpaired) electrons. The Labute approximate surface area is 71.8 Å². The number of nitrogens with two attached hydrogens (primary N) is 1. The number of benzene rings is 1. The molecule has 0 bridgehead atoms. The highest BCUT2D eigenvalue weighted by atomic mass is 16.5. The Morgan fingerprint density at radius 1 is 1.42 bits per heavy atom. The summed E-state index contributed by atoms with van der Waals surface area (Å²) in [5, 5.41) is 8.95. The van der Waals surface area contributed by atoms with Gasteiger partial charge in [-0.25, -0.2) is 0 Å². The van der Waals surface area contributed by atoms with Gasteiger partial charge >= 0.3 is 0 Å². The fraction of sp³-hybridized carbons (Fsp3) is 0.333. The Kier molecular flexibility index (Phi) is 2.94. The van der Waals surface area contributed by atoms with Crippen LogP contribution in [0.3, 0.4) is 0 Å². The minimum Gasteiger partial charge on any atom is -0.508 e. The SMILES string of the molecule is C[C@H](N)COc1ccc(O)cc1. The van der Waals surface area contributed by atoms with Crippen LogP contribution in [0.15, 0.2) is 24.3 Å². The van der Waals surface area contributed by atoms with Crippen molar-refractivity contribution in [2.45, 2.75) is 13.0 Å². The van der Waals surface area contributed by atoms with Gasteiger partial charge in [0.15, 0.2) is 0 Å². The Hall–Kier alpha value is -1.22. The monoisotopic (exact) mass is 167 g/mol. The normalized spacial score (nSPS) is 12.5. The van der Waals surface area contributed by atoms with Crippen molar-refractivity contribution in [3.63, 3.8) is 0 Å². The summed E-state index contributed by atoms with van der Waals surface area (Å²) in [6.07, 6.45) is 0. The molecule has 0 saturated heterocycles. The lowest BCUT2D eigenvalue weighted by Gasteiger charge is -2.07. The minimum absolute atomic E-state index is 0.0267. The summed E-state index contributed by atoms with van der Waals surface area (Å²) < 4.78 is 5.29. The number of hydrogen-bond donors (Lipinski definition) is 2. The molecule has 0 unspecified atom stereocenters. The predicted molar refractivity (Wildman–Crippen MR) is 47.3 cm³/mol. The molecule has 0 amide bonds. The van der Waals surface area contributed by atoms with Crippen LogP contribution < -0.4 is 10.5 Å². The van der Waals surface area contributed by atoms with Gasteiger partial charge in [-0.15, -0.1) is 0 Å². The maximum atomic E-state index is 8.95. The molecular formula is C9H13NO2. The molecule has 3 heteroatoms. The topological polar surface area (TPSA) is 55.5 Å². The predicted octanol–water partition coefficient (Wildman–Crippen LogP) is 1.12. The Bertz CT molecular complexity index is 231. The van der Waals surface area contributed by atoms with Crippen LogP contribution in [0, 0.1) is 0 Å². The van der Waals surface area contributed by atoms with Crippen molar-refractivity contribution in [3.8, 4) is 11.5 Å². The standard InChI is InChI=1S/C9H13NO2/c1-7(10)6-12-9-4-2-8(11)3-5-9/h2-5,7,11H,6,10H2,1H3/t7-/m0/s1. The van der Waals surface area contributed by atoms with Crippen LogP contribution in [0.4, 0.5) is 0 Å². The molecule has 1 aromatic rings. The minimum atomic E-state index is 0.0267. The summed E-state index contributed by atoms with van der Waals surface area (Å²) in [4.78, 5) is 0. The first kappa shape index (κ1) is 8.87. The summed E-state index contributed by atoms with van der Waals surface area (Å²) in [5.41, 5.74) is 5.50. The van der Waals surface area contributed by atoms with Gasteiger partial charge in [0.05, 0.1) is 0 Å². The molecule has 0 aliphatic heterocycles. The lowest BCUT2D eigenvalue weighted by atomic mass is 10.3. The van der Waals surface area contributed by atoms with Crippen LogP contribution in [0.5, 0.6) is 11.5 Å². The smallest absolute Gasteiger partial charge is 0.119 e. The molecule has 1 rings (SSSR count). The quantitative estimate of drug-likeness (QED) is 0.709. The zero-order chi connectivity index (χ0) is 8.97. The second-order valence-electron chi connectivity index (χ2n) is 2.78. The number of phenols is 1. The van der Waals surface area contributed by atoms with E-state index in [4.69, 9.17) is 15.6 Å². The zero-order valence-corrected chi connectivity index (χ0v) is 7.03. The molecule has 1 aromatic carbocycles. The van der Waals surface area contributed by atoms with E-state index in [9.17, 15) is 0 Å². The van der Waals surface area contributed by atoms with E-state index < -0.39 is 0 Å². The molecule has 0 aliphatic rings. The van der Waals surface area contributed by atoms with Crippen molar-refractivity contribution >= 4 is 0 Å². The van der Waals surface area contributed by atoms with E-state index in [1.165, 1.54) is 0 Å². The number of phenolic OH excluding ortho intramolecular Hbond substituents is 1. The third-order valence-corrected chi connectivity index (χ3v) is 1.35. The lowest BCUT2D eigenvalue weighted by Crippen LogP contribution is -2.23. The van der Waals surface area contributed by atoms with E-state index in [0.29, 0.717) is 6.61 Å². The van der Waals surface area contributed by atoms with E-state index in [0.717, 1.165) is 5.75 Å². The summed E-state index contributed by atoms with van der Waals surface area (Å²) in [5.74, 6) is 0.966. The molecule has 0 aliphatic carbocycles. The molecule has 66 valence electrons. The number of hydrogen-bond acceptors (Lipinski definition) is 3. The van der Waals surface area contributed by atoms with Crippen LogP contribution in [-0.4, -0.2) is 17.8 Å². The van der Waals surface area contributed by atoms with Crippen molar-refractivity contribution < 1.29 is 9.84 Å². The third-order valence-electron chi connectivity index (χ3n) is 1.35. The molecule has 3 N–H and O–H groups in total. The van der Waals surface area contributed by atoms with Crippen molar-refractivity contribution in [1.82, 2.24) is 0 Å². The highest BCUT2D eigenvalue weighted by molar-refractivity contribution is 5.30. The average molecular weight is 167 g/mol. The van der Waals surface area contributed by atoms with E-state index >= 15 is 0 Å². The fourth-order valence-corrected chi connectivity index (χ4v) is 0.770. The molecule has 1 atom stereocenters. The van der Waals surface area contributed by atoms with Crippen molar-refractivity contribution in [2.24, 2.45) is 5.73 Å². The number of rotatable bonds is 3. The summed E-state index contributed by atoms with van der Waals surface area (Å²) >= 11 is 0. The number of ether oxygens (including phenoxy) is 1. The van der Waals surface area contributed by atoms with Gasteiger partial charge in [0.1, 0.15) is 18.1 Å². The highest BCUT2D eigenvalue weighted by Crippen LogP contribution is 2.15. The molecule has 0 spiro atoms. The maximum Gasteiger partial charge on any atom is 0.119 e. The van der Waals surface area contributed by atoms with Crippen molar-refractivity contribution in [3.05, 3.63) is 24.3 Å². The van der Waals surface area contributed by atoms with Gasteiger partial charge in [-0.2, -0.15) is 0 Å². The van der Waals surface area contributed by atoms with E-state index in [1.807, 2.05) is 6.92 Å². The fourth-order valence-electron chi connectivity index (χ4n) is 0.770. The van der Waals surface area contributed by atoms with Crippen LogP contribution in [0.1, 0.15) is 6.92 Å². The molecular weight excluding hydrogens is 154 g/mol. The molecule has 0 aromatic heterocycles. The molecule has 12 heavy (non-hydrogen) atoms. The van der Waals surface area contributed by atoms with Gasteiger partial charge in [0.25, 0.3) is 0 Å². The molecule has 0 saturated carbocycles. The highest BCUT2D eigenvalue weighted by Gasteiger charge is 1.96. The van der Waals surface area contributed by atoms with E-state index in [1.54, 1.807) is 24.3 Å². The summed E-state index contributed by atoms with van der Waals surface area (Å²) in [7, 11) is 0. The van der Waals surface area contributed by atoms with Crippen molar-refractivity contribution in [2.75, 3.05) is 6.61 Å². The molecule has 0 heterocycles. The number of aromatic hydroxyl groups is 1. The Morgan fingerprint density at radius 2 is 2.00 bits per heavy atom. The summed E-state index contributed by atoms with van der Waals surface area (Å²) in [6, 6.07) is 6.60. The van der Waals surface area contributed by atoms with Crippen LogP contribution in [-0.2, 0) is 0 Å². The first-order valence-electron chi connectivity index (χ1n) is 3.86. The average Bonchev–Trinajstić information content (AvgIpc) is 2.03. The van der Waals surface area contributed by atoms with E-state index in [-0.39, 0.29) is 11.8 Å². The Morgan fingerprint density at radius 3 is 2.50 bits per heavy atom. The zero-order valence-electron chi connectivity index (χ0n) is 7.03. The summed E-state index contributed by atoms with van der Waals surface area (Å²) in [6.45, 7) is 2.37. The van der Waals surface area contributed by atoms with Gasteiger partial charge < -0.3 is 15.6 Å². The van der Waals surface area contributed by atoms with Crippen LogP contribution in [0.2, 0.25) is 0 Å². The largest absolute Gasteiger partial charge is 0.508 e. The second kappa shape index (κ2) is 3.97. The first-order valence-corrected chi connectivity index (χ1v) is 3.86. The van der Waals surface area contributed by atoms with Crippen molar-refractivity contribution in [1.29, 1.82) is 0 Å². The second-order valence-corrected chi connectivity index (χ2v) is 2.78.